The van der Waals surface area contributed by atoms with Gasteiger partial charge in [-0.3, -0.25) is 4.79 Å². The zero-order valence-corrected chi connectivity index (χ0v) is 15.1. The van der Waals surface area contributed by atoms with Crippen LogP contribution in [0, 0.1) is 12.8 Å². The number of nitrogens with zero attached hydrogens (tertiary/aromatic N) is 1. The number of likely N-dealkylation sites (N-methyl/N-ethyl adjacent to an activating group) is 1. The summed E-state index contributed by atoms with van der Waals surface area (Å²) in [6.07, 6.45) is 0.416. The fourth-order valence-corrected chi connectivity index (χ4v) is 3.86. The Labute approximate surface area is 137 Å². The molecule has 1 aromatic rings. The van der Waals surface area contributed by atoms with Gasteiger partial charge in [-0.25, -0.2) is 8.42 Å². The molecule has 22 heavy (non-hydrogen) atoms. The maximum atomic E-state index is 12.5. The van der Waals surface area contributed by atoms with Crippen molar-refractivity contribution in [3.8, 4) is 0 Å². The van der Waals surface area contributed by atoms with Crippen LogP contribution in [0.2, 0.25) is 5.02 Å². The average Bonchev–Trinajstić information content (AvgIpc) is 2.35. The fourth-order valence-electron chi connectivity index (χ4n) is 2.06. The number of nitrogens with one attached hydrogen (secondary N) is 1. The van der Waals surface area contributed by atoms with Gasteiger partial charge < -0.3 is 4.90 Å². The van der Waals surface area contributed by atoms with Crippen molar-refractivity contribution in [3.05, 3.63) is 28.8 Å². The van der Waals surface area contributed by atoms with Gasteiger partial charge in [-0.2, -0.15) is 4.72 Å². The van der Waals surface area contributed by atoms with Gasteiger partial charge >= 0.3 is 0 Å². The van der Waals surface area contributed by atoms with Crippen LogP contribution in [0.5, 0.6) is 0 Å². The predicted molar refractivity (Wildman–Crippen MR) is 88.4 cm³/mol. The van der Waals surface area contributed by atoms with E-state index in [1.54, 1.807) is 26.2 Å². The predicted octanol–water partition coefficient (Wildman–Crippen LogP) is 2.43. The van der Waals surface area contributed by atoms with Crippen LogP contribution < -0.4 is 4.72 Å². The number of carbonyl (C=O) groups is 1. The molecule has 0 aliphatic carbocycles. The topological polar surface area (TPSA) is 66.5 Å². The van der Waals surface area contributed by atoms with E-state index in [1.807, 2.05) is 20.8 Å². The number of carbonyl (C=O) groups excluding carboxylic acids is 1. The standard InChI is InChI=1S/C15H23ClN2O3S/c1-10(2)8-13(15(19)18(4)5)17-22(20,21)14-7-6-11(3)9-12(14)16/h6-7,9-10,13,17H,8H2,1-5H3. The summed E-state index contributed by atoms with van der Waals surface area (Å²) >= 11 is 6.03. The highest BCUT2D eigenvalue weighted by Gasteiger charge is 2.28. The van der Waals surface area contributed by atoms with Gasteiger partial charge in [0.2, 0.25) is 15.9 Å². The maximum Gasteiger partial charge on any atom is 0.242 e. The van der Waals surface area contributed by atoms with E-state index < -0.39 is 16.1 Å². The number of benzene rings is 1. The zero-order valence-electron chi connectivity index (χ0n) is 13.6. The van der Waals surface area contributed by atoms with Crippen molar-refractivity contribution in [3.63, 3.8) is 0 Å². The molecule has 1 atom stereocenters. The van der Waals surface area contributed by atoms with Gasteiger partial charge in [0.1, 0.15) is 10.9 Å². The third-order valence-corrected chi connectivity index (χ3v) is 5.07. The van der Waals surface area contributed by atoms with Gasteiger partial charge in [0.15, 0.2) is 0 Å². The number of aryl methyl sites for hydroxylation is 1. The lowest BCUT2D eigenvalue weighted by atomic mass is 10.0. The molecule has 0 aliphatic rings. The highest BCUT2D eigenvalue weighted by Crippen LogP contribution is 2.23. The first kappa shape index (κ1) is 18.9. The second kappa shape index (κ2) is 7.44. The molecule has 1 aromatic carbocycles. The normalized spacial score (nSPS) is 13.2. The quantitative estimate of drug-likeness (QED) is 0.860. The monoisotopic (exact) mass is 346 g/mol. The Morgan fingerprint density at radius 3 is 2.36 bits per heavy atom. The van der Waals surface area contributed by atoms with Crippen LogP contribution >= 0.6 is 11.6 Å². The van der Waals surface area contributed by atoms with Crippen molar-refractivity contribution in [1.29, 1.82) is 0 Å². The largest absolute Gasteiger partial charge is 0.347 e. The Hall–Kier alpha value is -1.11. The number of rotatable bonds is 6. The van der Waals surface area contributed by atoms with Crippen molar-refractivity contribution in [2.75, 3.05) is 14.1 Å². The summed E-state index contributed by atoms with van der Waals surface area (Å²) < 4.78 is 27.5. The lowest BCUT2D eigenvalue weighted by Gasteiger charge is -2.23. The number of amides is 1. The molecule has 0 spiro atoms. The number of hydrogen-bond donors (Lipinski definition) is 1. The summed E-state index contributed by atoms with van der Waals surface area (Å²) in [4.78, 5) is 13.6. The Balaban J connectivity index is 3.12. The molecule has 0 fully saturated rings. The molecule has 0 bridgehead atoms. The molecule has 1 unspecified atom stereocenters. The van der Waals surface area contributed by atoms with Crippen molar-refractivity contribution < 1.29 is 13.2 Å². The van der Waals surface area contributed by atoms with Crippen molar-refractivity contribution in [1.82, 2.24) is 9.62 Å². The summed E-state index contributed by atoms with van der Waals surface area (Å²) in [5.74, 6) is -0.106. The van der Waals surface area contributed by atoms with E-state index in [-0.39, 0.29) is 21.7 Å². The summed E-state index contributed by atoms with van der Waals surface area (Å²) in [5, 5.41) is 0.146. The third-order valence-electron chi connectivity index (χ3n) is 3.12. The van der Waals surface area contributed by atoms with Gasteiger partial charge in [-0.15, -0.1) is 0 Å². The molecule has 0 aliphatic heterocycles. The fraction of sp³-hybridized carbons (Fsp3) is 0.533. The first-order valence-electron chi connectivity index (χ1n) is 7.04. The highest BCUT2D eigenvalue weighted by molar-refractivity contribution is 7.89. The molecule has 0 heterocycles. The van der Waals surface area contributed by atoms with Crippen molar-refractivity contribution in [2.24, 2.45) is 5.92 Å². The van der Waals surface area contributed by atoms with Gasteiger partial charge in [0.25, 0.3) is 0 Å². The van der Waals surface area contributed by atoms with Crippen LogP contribution in [0.4, 0.5) is 0 Å². The molecule has 1 N–H and O–H groups in total. The van der Waals surface area contributed by atoms with Crippen LogP contribution in [0.1, 0.15) is 25.8 Å². The van der Waals surface area contributed by atoms with E-state index in [0.29, 0.717) is 6.42 Å². The number of halogens is 1. The third kappa shape index (κ3) is 4.97. The summed E-state index contributed by atoms with van der Waals surface area (Å²) in [6, 6.07) is 3.90. The van der Waals surface area contributed by atoms with E-state index in [1.165, 1.54) is 11.0 Å². The first-order chi connectivity index (χ1) is 10.0. The average molecular weight is 347 g/mol. The molecule has 1 amide bonds. The summed E-state index contributed by atoms with van der Waals surface area (Å²) in [5.41, 5.74) is 0.868. The SMILES string of the molecule is Cc1ccc(S(=O)(=O)NC(CC(C)C)C(=O)N(C)C)c(Cl)c1. The van der Waals surface area contributed by atoms with E-state index in [4.69, 9.17) is 11.6 Å². The number of sulfonamides is 1. The lowest BCUT2D eigenvalue weighted by Crippen LogP contribution is -2.46. The van der Waals surface area contributed by atoms with E-state index in [9.17, 15) is 13.2 Å². The maximum absolute atomic E-state index is 12.5. The second-order valence-corrected chi connectivity index (χ2v) is 8.06. The van der Waals surface area contributed by atoms with Gasteiger partial charge in [-0.05, 0) is 37.0 Å². The Morgan fingerprint density at radius 1 is 1.32 bits per heavy atom. The summed E-state index contributed by atoms with van der Waals surface area (Å²) in [6.45, 7) is 5.69. The smallest absolute Gasteiger partial charge is 0.242 e. The molecular weight excluding hydrogens is 324 g/mol. The molecule has 0 radical (unpaired) electrons. The van der Waals surface area contributed by atoms with E-state index in [2.05, 4.69) is 4.72 Å². The molecule has 0 saturated carbocycles. The lowest BCUT2D eigenvalue weighted by molar-refractivity contribution is -0.130. The highest BCUT2D eigenvalue weighted by atomic mass is 35.5. The second-order valence-electron chi connectivity index (χ2n) is 5.97. The minimum atomic E-state index is -3.86. The number of hydrogen-bond acceptors (Lipinski definition) is 3. The van der Waals surface area contributed by atoms with Gasteiger partial charge in [0.05, 0.1) is 5.02 Å². The Bertz CT molecular complexity index is 642. The van der Waals surface area contributed by atoms with Crippen molar-refractivity contribution >= 4 is 27.5 Å². The van der Waals surface area contributed by atoms with Gasteiger partial charge in [0, 0.05) is 14.1 Å². The molecule has 0 saturated heterocycles. The summed E-state index contributed by atoms with van der Waals surface area (Å²) in [7, 11) is -0.661. The molecule has 5 nitrogen and oxygen atoms in total. The Morgan fingerprint density at radius 2 is 1.91 bits per heavy atom. The van der Waals surface area contributed by atoms with E-state index >= 15 is 0 Å². The minimum absolute atomic E-state index is 0.0138. The van der Waals surface area contributed by atoms with Gasteiger partial charge in [-0.1, -0.05) is 31.5 Å². The van der Waals surface area contributed by atoms with E-state index in [0.717, 1.165) is 5.56 Å². The minimum Gasteiger partial charge on any atom is -0.347 e. The molecule has 1 rings (SSSR count). The molecule has 124 valence electrons. The zero-order chi connectivity index (χ0) is 17.1. The van der Waals surface area contributed by atoms with Crippen LogP contribution in [0.25, 0.3) is 0 Å². The van der Waals surface area contributed by atoms with Crippen LogP contribution in [-0.2, 0) is 14.8 Å². The molecule has 0 aromatic heterocycles. The molecular formula is C15H23ClN2O3S. The van der Waals surface area contributed by atoms with Crippen LogP contribution in [-0.4, -0.2) is 39.4 Å². The Kier molecular flexibility index (Phi) is 6.40. The van der Waals surface area contributed by atoms with Crippen LogP contribution in [0.3, 0.4) is 0 Å². The molecule has 7 heteroatoms. The van der Waals surface area contributed by atoms with Crippen LogP contribution in [0.15, 0.2) is 23.1 Å². The van der Waals surface area contributed by atoms with Crippen molar-refractivity contribution in [2.45, 2.75) is 38.1 Å². The first-order valence-corrected chi connectivity index (χ1v) is 8.90.